The summed E-state index contributed by atoms with van der Waals surface area (Å²) in [6.45, 7) is 5.26. The van der Waals surface area contributed by atoms with Gasteiger partial charge in [-0.15, -0.1) is 24.0 Å². The number of benzene rings is 2. The lowest BCUT2D eigenvalue weighted by molar-refractivity contribution is 0.254. The summed E-state index contributed by atoms with van der Waals surface area (Å²) >= 11 is 0. The molecule has 0 saturated carbocycles. The number of ether oxygens (including phenoxy) is 2. The normalized spacial score (nSPS) is 14.8. The molecule has 8 heteroatoms. The van der Waals surface area contributed by atoms with Crippen LogP contribution in [0.25, 0.3) is 0 Å². The second-order valence-corrected chi connectivity index (χ2v) is 6.83. The van der Waals surface area contributed by atoms with Crippen molar-refractivity contribution >= 4 is 29.9 Å². The maximum Gasteiger partial charge on any atom is 0.191 e. The zero-order valence-corrected chi connectivity index (χ0v) is 19.6. The zero-order chi connectivity index (χ0) is 20.8. The summed E-state index contributed by atoms with van der Waals surface area (Å²) < 4.78 is 25.6. The van der Waals surface area contributed by atoms with E-state index in [1.54, 1.807) is 7.05 Å². The molecule has 6 nitrogen and oxygen atoms in total. The van der Waals surface area contributed by atoms with Crippen LogP contribution in [0.5, 0.6) is 11.5 Å². The quantitative estimate of drug-likeness (QED) is 0.341. The second kappa shape index (κ2) is 11.0. The van der Waals surface area contributed by atoms with Crippen molar-refractivity contribution in [3.63, 3.8) is 0 Å². The summed E-state index contributed by atoms with van der Waals surface area (Å²) in [5.74, 6) is 1.86. The molecule has 1 unspecified atom stereocenters. The highest BCUT2D eigenvalue weighted by Crippen LogP contribution is 2.35. The van der Waals surface area contributed by atoms with Gasteiger partial charge in [0.1, 0.15) is 23.4 Å². The van der Waals surface area contributed by atoms with Gasteiger partial charge in [0.05, 0.1) is 18.2 Å². The average Bonchev–Trinajstić information content (AvgIpc) is 3.08. The Labute approximate surface area is 193 Å². The van der Waals surface area contributed by atoms with Crippen LogP contribution >= 0.6 is 24.0 Å². The van der Waals surface area contributed by atoms with Crippen LogP contribution < -0.4 is 20.1 Å². The first kappa shape index (κ1) is 23.7. The largest absolute Gasteiger partial charge is 0.494 e. The summed E-state index contributed by atoms with van der Waals surface area (Å²) in [6.07, 6.45) is 1.04. The van der Waals surface area contributed by atoms with Gasteiger partial charge >= 0.3 is 0 Å². The van der Waals surface area contributed by atoms with Crippen molar-refractivity contribution in [2.24, 2.45) is 4.99 Å². The van der Waals surface area contributed by atoms with Crippen LogP contribution in [0.4, 0.5) is 4.39 Å². The highest BCUT2D eigenvalue weighted by atomic mass is 127. The SMILES string of the molecule is CCOc1cc2c(cc1CNC(=NC)NCc1cc(C#N)ccc1F)OC(C)C2.I. The van der Waals surface area contributed by atoms with E-state index in [1.165, 1.54) is 18.2 Å². The lowest BCUT2D eigenvalue weighted by atomic mass is 10.1. The second-order valence-electron chi connectivity index (χ2n) is 6.83. The molecule has 3 rings (SSSR count). The summed E-state index contributed by atoms with van der Waals surface area (Å²) in [5.41, 5.74) is 2.93. The first-order valence-electron chi connectivity index (χ1n) is 9.62. The predicted octanol–water partition coefficient (Wildman–Crippen LogP) is 3.90. The average molecular weight is 524 g/mol. The molecule has 0 aromatic heterocycles. The van der Waals surface area contributed by atoms with E-state index < -0.39 is 0 Å². The molecule has 0 fully saturated rings. The lowest BCUT2D eigenvalue weighted by Crippen LogP contribution is -2.36. The standard InChI is InChI=1S/C22H25FN4O2.HI/c1-4-28-20-9-16-7-14(2)29-21(16)10-18(20)13-27-22(25-3)26-12-17-8-15(11-24)5-6-19(17)23;/h5-6,8-10,14H,4,7,12-13H2,1-3H3,(H2,25,26,27);1H. The number of hydrogen-bond acceptors (Lipinski definition) is 4. The number of nitrogens with zero attached hydrogens (tertiary/aromatic N) is 2. The number of fused-ring (bicyclic) bond motifs is 1. The molecular weight excluding hydrogens is 498 g/mol. The molecule has 1 aliphatic rings. The van der Waals surface area contributed by atoms with Gasteiger partial charge in [-0.05, 0) is 44.2 Å². The Morgan fingerprint density at radius 1 is 1.27 bits per heavy atom. The Morgan fingerprint density at radius 3 is 2.67 bits per heavy atom. The Morgan fingerprint density at radius 2 is 2.00 bits per heavy atom. The van der Waals surface area contributed by atoms with Crippen LogP contribution in [0.15, 0.2) is 35.3 Å². The number of nitrogens with one attached hydrogen (secondary N) is 2. The van der Waals surface area contributed by atoms with Crippen LogP contribution in [0.2, 0.25) is 0 Å². The van der Waals surface area contributed by atoms with Crippen molar-refractivity contribution in [3.05, 3.63) is 58.4 Å². The van der Waals surface area contributed by atoms with E-state index in [1.807, 2.05) is 32.0 Å². The number of guanidine groups is 1. The molecule has 1 atom stereocenters. The predicted molar refractivity (Wildman–Crippen MR) is 125 cm³/mol. The van der Waals surface area contributed by atoms with Crippen LogP contribution in [0, 0.1) is 17.1 Å². The number of hydrogen-bond donors (Lipinski definition) is 2. The highest BCUT2D eigenvalue weighted by molar-refractivity contribution is 14.0. The molecule has 2 aromatic rings. The van der Waals surface area contributed by atoms with Gasteiger partial charge in [0.2, 0.25) is 0 Å². The topological polar surface area (TPSA) is 78.7 Å². The molecule has 0 amide bonds. The van der Waals surface area contributed by atoms with Crippen LogP contribution in [-0.4, -0.2) is 25.7 Å². The molecule has 0 radical (unpaired) electrons. The molecule has 0 spiro atoms. The summed E-state index contributed by atoms with van der Waals surface area (Å²) in [6, 6.07) is 10.3. The molecule has 2 N–H and O–H groups in total. The van der Waals surface area contributed by atoms with Crippen molar-refractivity contribution in [2.75, 3.05) is 13.7 Å². The van der Waals surface area contributed by atoms with Crippen molar-refractivity contribution < 1.29 is 13.9 Å². The fourth-order valence-electron chi connectivity index (χ4n) is 3.27. The van der Waals surface area contributed by atoms with Gasteiger partial charge in [-0.3, -0.25) is 4.99 Å². The van der Waals surface area contributed by atoms with Crippen LogP contribution in [-0.2, 0) is 19.5 Å². The molecule has 1 heterocycles. The zero-order valence-electron chi connectivity index (χ0n) is 17.3. The monoisotopic (exact) mass is 524 g/mol. The molecule has 0 aliphatic carbocycles. The van der Waals surface area contributed by atoms with E-state index in [0.29, 0.717) is 30.2 Å². The summed E-state index contributed by atoms with van der Waals surface area (Å²) in [7, 11) is 1.65. The first-order chi connectivity index (χ1) is 14.0. The van der Waals surface area contributed by atoms with Gasteiger partial charge in [0.15, 0.2) is 5.96 Å². The minimum atomic E-state index is -0.365. The van der Waals surface area contributed by atoms with E-state index in [0.717, 1.165) is 29.0 Å². The third-order valence-corrected chi connectivity index (χ3v) is 4.67. The third kappa shape index (κ3) is 5.75. The van der Waals surface area contributed by atoms with Crippen molar-refractivity contribution in [3.8, 4) is 17.6 Å². The fraction of sp³-hybridized carbons (Fsp3) is 0.364. The van der Waals surface area contributed by atoms with Gasteiger partial charge in [0.25, 0.3) is 0 Å². The highest BCUT2D eigenvalue weighted by Gasteiger charge is 2.22. The fourth-order valence-corrected chi connectivity index (χ4v) is 3.27. The van der Waals surface area contributed by atoms with Gasteiger partial charge in [-0.25, -0.2) is 4.39 Å². The third-order valence-electron chi connectivity index (χ3n) is 4.67. The number of nitriles is 1. The van der Waals surface area contributed by atoms with E-state index >= 15 is 0 Å². The lowest BCUT2D eigenvalue weighted by Gasteiger charge is -2.16. The first-order valence-corrected chi connectivity index (χ1v) is 9.62. The van der Waals surface area contributed by atoms with E-state index in [4.69, 9.17) is 14.7 Å². The molecule has 30 heavy (non-hydrogen) atoms. The Bertz CT molecular complexity index is 959. The van der Waals surface area contributed by atoms with Gasteiger partial charge < -0.3 is 20.1 Å². The van der Waals surface area contributed by atoms with Gasteiger partial charge in [-0.1, -0.05) is 0 Å². The van der Waals surface area contributed by atoms with Crippen molar-refractivity contribution in [1.29, 1.82) is 5.26 Å². The van der Waals surface area contributed by atoms with E-state index in [2.05, 4.69) is 15.6 Å². The van der Waals surface area contributed by atoms with Crippen molar-refractivity contribution in [1.82, 2.24) is 10.6 Å². The smallest absolute Gasteiger partial charge is 0.191 e. The maximum atomic E-state index is 14.0. The summed E-state index contributed by atoms with van der Waals surface area (Å²) in [4.78, 5) is 4.19. The molecular formula is C22H26FIN4O2. The Hall–Kier alpha value is -2.54. The van der Waals surface area contributed by atoms with Crippen molar-refractivity contribution in [2.45, 2.75) is 39.5 Å². The van der Waals surface area contributed by atoms with Crippen LogP contribution in [0.1, 0.15) is 36.1 Å². The van der Waals surface area contributed by atoms with E-state index in [-0.39, 0.29) is 42.4 Å². The summed E-state index contributed by atoms with van der Waals surface area (Å²) in [5, 5.41) is 15.3. The molecule has 2 aromatic carbocycles. The minimum absolute atomic E-state index is 0. The van der Waals surface area contributed by atoms with E-state index in [9.17, 15) is 4.39 Å². The van der Waals surface area contributed by atoms with Gasteiger partial charge in [-0.2, -0.15) is 5.26 Å². The Kier molecular flexibility index (Phi) is 8.72. The molecule has 1 aliphatic heterocycles. The molecule has 0 saturated heterocycles. The molecule has 0 bridgehead atoms. The van der Waals surface area contributed by atoms with Gasteiger partial charge in [0, 0.05) is 43.2 Å². The minimum Gasteiger partial charge on any atom is -0.494 e. The number of halogens is 2. The van der Waals surface area contributed by atoms with Crippen LogP contribution in [0.3, 0.4) is 0 Å². The maximum absolute atomic E-state index is 14.0. The number of aliphatic imine (C=N–C) groups is 1. The Balaban J connectivity index is 0.00000320. The molecule has 160 valence electrons. The number of rotatable bonds is 6.